The quantitative estimate of drug-likeness (QED) is 0.628. The van der Waals surface area contributed by atoms with Crippen LogP contribution in [0.5, 0.6) is 11.5 Å². The van der Waals surface area contributed by atoms with Crippen molar-refractivity contribution in [3.05, 3.63) is 76.5 Å². The molecule has 0 aliphatic carbocycles. The first kappa shape index (κ1) is 16.1. The Kier molecular flexibility index (Phi) is 4.05. The first-order valence-electron chi connectivity index (χ1n) is 8.24. The van der Waals surface area contributed by atoms with Crippen LogP contribution in [0.4, 0.5) is 0 Å². The number of methoxy groups -OCH3 is 1. The standard InChI is InChI=1S/C21H17NO4/c1-13-5-3-4-6-17(13)20-22-18(21(23)26-20)10-14-9-15-7-8-16(24-2)11-19(15)25-12-14/h3-11H,12H2,1-2H3/b18-10-. The van der Waals surface area contributed by atoms with E-state index in [2.05, 4.69) is 4.99 Å². The highest BCUT2D eigenvalue weighted by Gasteiger charge is 2.25. The SMILES string of the molecule is COc1ccc2c(c1)OCC(/C=C1\N=C(c3ccccc3C)OC1=O)=C2. The lowest BCUT2D eigenvalue weighted by molar-refractivity contribution is -0.130. The number of hydrogen-bond donors (Lipinski definition) is 0. The highest BCUT2D eigenvalue weighted by Crippen LogP contribution is 2.31. The van der Waals surface area contributed by atoms with E-state index in [1.54, 1.807) is 13.2 Å². The summed E-state index contributed by atoms with van der Waals surface area (Å²) in [6.45, 7) is 2.31. The van der Waals surface area contributed by atoms with Crippen molar-refractivity contribution in [3.8, 4) is 11.5 Å². The predicted molar refractivity (Wildman–Crippen MR) is 98.4 cm³/mol. The van der Waals surface area contributed by atoms with Crippen molar-refractivity contribution in [1.82, 2.24) is 0 Å². The fourth-order valence-corrected chi connectivity index (χ4v) is 2.88. The highest BCUT2D eigenvalue weighted by molar-refractivity contribution is 6.11. The molecule has 2 aliphatic heterocycles. The Balaban J connectivity index is 1.65. The van der Waals surface area contributed by atoms with Crippen molar-refractivity contribution in [2.24, 2.45) is 4.99 Å². The van der Waals surface area contributed by atoms with Crippen LogP contribution in [0.2, 0.25) is 0 Å². The number of fused-ring (bicyclic) bond motifs is 1. The zero-order chi connectivity index (χ0) is 18.1. The Bertz CT molecular complexity index is 985. The van der Waals surface area contributed by atoms with E-state index in [-0.39, 0.29) is 5.70 Å². The Morgan fingerprint density at radius 1 is 1.19 bits per heavy atom. The summed E-state index contributed by atoms with van der Waals surface area (Å²) < 4.78 is 16.3. The molecule has 5 heteroatoms. The Hall–Kier alpha value is -3.34. The zero-order valence-corrected chi connectivity index (χ0v) is 14.5. The van der Waals surface area contributed by atoms with Crippen LogP contribution in [-0.2, 0) is 9.53 Å². The van der Waals surface area contributed by atoms with Gasteiger partial charge >= 0.3 is 5.97 Å². The number of nitrogens with zero attached hydrogens (tertiary/aromatic N) is 1. The van der Waals surface area contributed by atoms with Gasteiger partial charge in [-0.2, -0.15) is 0 Å². The molecule has 0 bridgehead atoms. The summed E-state index contributed by atoms with van der Waals surface area (Å²) in [5, 5.41) is 0. The first-order valence-corrected chi connectivity index (χ1v) is 8.24. The summed E-state index contributed by atoms with van der Waals surface area (Å²) in [6.07, 6.45) is 3.68. The zero-order valence-electron chi connectivity index (χ0n) is 14.5. The number of cyclic esters (lactones) is 1. The van der Waals surface area contributed by atoms with Gasteiger partial charge in [-0.15, -0.1) is 0 Å². The molecule has 0 fully saturated rings. The second kappa shape index (κ2) is 6.52. The molecular formula is C21H17NO4. The molecule has 2 heterocycles. The number of carbonyl (C=O) groups is 1. The van der Waals surface area contributed by atoms with E-state index < -0.39 is 5.97 Å². The van der Waals surface area contributed by atoms with Crippen LogP contribution in [0.1, 0.15) is 16.7 Å². The van der Waals surface area contributed by atoms with Gasteiger partial charge in [0, 0.05) is 17.2 Å². The minimum atomic E-state index is -0.454. The summed E-state index contributed by atoms with van der Waals surface area (Å²) in [6, 6.07) is 13.3. The lowest BCUT2D eigenvalue weighted by Crippen LogP contribution is -2.08. The number of aliphatic imine (C=N–C) groups is 1. The topological polar surface area (TPSA) is 57.1 Å². The van der Waals surface area contributed by atoms with Crippen molar-refractivity contribution >= 4 is 17.9 Å². The van der Waals surface area contributed by atoms with Gasteiger partial charge in [0.1, 0.15) is 18.1 Å². The van der Waals surface area contributed by atoms with Crippen LogP contribution in [-0.4, -0.2) is 25.6 Å². The molecule has 4 rings (SSSR count). The number of hydrogen-bond acceptors (Lipinski definition) is 5. The molecular weight excluding hydrogens is 330 g/mol. The second-order valence-corrected chi connectivity index (χ2v) is 6.06. The largest absolute Gasteiger partial charge is 0.497 e. The van der Waals surface area contributed by atoms with Crippen molar-refractivity contribution in [2.75, 3.05) is 13.7 Å². The van der Waals surface area contributed by atoms with Crippen molar-refractivity contribution < 1.29 is 19.0 Å². The molecule has 0 unspecified atom stereocenters. The van der Waals surface area contributed by atoms with E-state index in [4.69, 9.17) is 14.2 Å². The highest BCUT2D eigenvalue weighted by atomic mass is 16.6. The molecule has 0 atom stereocenters. The van der Waals surface area contributed by atoms with Gasteiger partial charge in [0.15, 0.2) is 5.70 Å². The fraction of sp³-hybridized carbons (Fsp3) is 0.143. The van der Waals surface area contributed by atoms with Crippen molar-refractivity contribution in [2.45, 2.75) is 6.92 Å². The molecule has 0 spiro atoms. The van der Waals surface area contributed by atoms with Crippen LogP contribution >= 0.6 is 0 Å². The van der Waals surface area contributed by atoms with E-state index in [1.807, 2.05) is 55.5 Å². The summed E-state index contributed by atoms with van der Waals surface area (Å²) >= 11 is 0. The molecule has 2 aromatic rings. The van der Waals surface area contributed by atoms with Crippen molar-refractivity contribution in [1.29, 1.82) is 0 Å². The van der Waals surface area contributed by atoms with Gasteiger partial charge in [-0.05, 0) is 48.4 Å². The predicted octanol–water partition coefficient (Wildman–Crippen LogP) is 3.67. The third-order valence-corrected chi connectivity index (χ3v) is 4.27. The van der Waals surface area contributed by atoms with Gasteiger partial charge in [0.2, 0.25) is 5.90 Å². The monoisotopic (exact) mass is 347 g/mol. The van der Waals surface area contributed by atoms with E-state index in [0.717, 1.165) is 33.8 Å². The number of esters is 1. The van der Waals surface area contributed by atoms with Gasteiger partial charge < -0.3 is 14.2 Å². The molecule has 0 saturated heterocycles. The molecule has 5 nitrogen and oxygen atoms in total. The smallest absolute Gasteiger partial charge is 0.363 e. The Labute approximate surface area is 151 Å². The van der Waals surface area contributed by atoms with Crippen LogP contribution in [0.15, 0.2) is 64.8 Å². The number of ether oxygens (including phenoxy) is 3. The second-order valence-electron chi connectivity index (χ2n) is 6.06. The molecule has 0 radical (unpaired) electrons. The van der Waals surface area contributed by atoms with Crippen molar-refractivity contribution in [3.63, 3.8) is 0 Å². The van der Waals surface area contributed by atoms with Gasteiger partial charge in [-0.3, -0.25) is 0 Å². The average Bonchev–Trinajstić information content (AvgIpc) is 3.02. The molecule has 0 N–H and O–H groups in total. The van der Waals surface area contributed by atoms with E-state index in [0.29, 0.717) is 12.5 Å². The summed E-state index contributed by atoms with van der Waals surface area (Å²) in [5.41, 5.74) is 3.87. The van der Waals surface area contributed by atoms with E-state index >= 15 is 0 Å². The molecule has 2 aromatic carbocycles. The first-order chi connectivity index (χ1) is 12.6. The summed E-state index contributed by atoms with van der Waals surface area (Å²) in [7, 11) is 1.62. The van der Waals surface area contributed by atoms with Gasteiger partial charge in [0.25, 0.3) is 0 Å². The minimum Gasteiger partial charge on any atom is -0.497 e. The average molecular weight is 347 g/mol. The maximum atomic E-state index is 12.2. The van der Waals surface area contributed by atoms with Crippen LogP contribution in [0.25, 0.3) is 6.08 Å². The number of rotatable bonds is 3. The molecule has 26 heavy (non-hydrogen) atoms. The van der Waals surface area contributed by atoms with Gasteiger partial charge in [0.05, 0.1) is 7.11 Å². The van der Waals surface area contributed by atoms with Gasteiger partial charge in [-0.1, -0.05) is 18.2 Å². The minimum absolute atomic E-state index is 0.273. The van der Waals surface area contributed by atoms with E-state index in [1.165, 1.54) is 0 Å². The van der Waals surface area contributed by atoms with Crippen LogP contribution in [0, 0.1) is 6.92 Å². The third kappa shape index (κ3) is 2.99. The van der Waals surface area contributed by atoms with Crippen LogP contribution < -0.4 is 9.47 Å². The summed E-state index contributed by atoms with van der Waals surface area (Å²) in [5.74, 6) is 1.38. The van der Waals surface area contributed by atoms with E-state index in [9.17, 15) is 4.79 Å². The lowest BCUT2D eigenvalue weighted by atomic mass is 10.1. The molecule has 130 valence electrons. The fourth-order valence-electron chi connectivity index (χ4n) is 2.88. The van der Waals surface area contributed by atoms with Crippen LogP contribution in [0.3, 0.4) is 0 Å². The third-order valence-electron chi connectivity index (χ3n) is 4.27. The molecule has 0 saturated carbocycles. The maximum absolute atomic E-state index is 12.2. The molecule has 0 aromatic heterocycles. The Morgan fingerprint density at radius 2 is 2.04 bits per heavy atom. The normalized spacial score (nSPS) is 17.2. The van der Waals surface area contributed by atoms with Gasteiger partial charge in [-0.25, -0.2) is 9.79 Å². The lowest BCUT2D eigenvalue weighted by Gasteiger charge is -2.16. The number of carbonyl (C=O) groups excluding carboxylic acids is 1. The Morgan fingerprint density at radius 3 is 2.85 bits per heavy atom. The number of benzene rings is 2. The summed E-state index contributed by atoms with van der Waals surface area (Å²) in [4.78, 5) is 16.5. The number of aryl methyl sites for hydroxylation is 1. The maximum Gasteiger partial charge on any atom is 0.363 e. The molecule has 0 amide bonds. The molecule has 2 aliphatic rings.